The molecule has 0 bridgehead atoms. The molecule has 9 heteroatoms. The number of hydrogen-bond acceptors (Lipinski definition) is 6. The molecule has 112 valence electrons. The SMILES string of the molecule is CC1(C)CN(S(=O)(=O)c2cc(Br)cnc2NN)CCS1. The van der Waals surface area contributed by atoms with E-state index in [0.29, 0.717) is 17.6 Å². The van der Waals surface area contributed by atoms with E-state index in [2.05, 4.69) is 26.3 Å². The van der Waals surface area contributed by atoms with Crippen LogP contribution in [0.4, 0.5) is 5.82 Å². The van der Waals surface area contributed by atoms with Crippen LogP contribution < -0.4 is 11.3 Å². The molecule has 0 unspecified atom stereocenters. The zero-order chi connectivity index (χ0) is 15.0. The topological polar surface area (TPSA) is 88.3 Å². The van der Waals surface area contributed by atoms with Gasteiger partial charge in [0.15, 0.2) is 5.82 Å². The van der Waals surface area contributed by atoms with Crippen molar-refractivity contribution in [3.8, 4) is 0 Å². The highest BCUT2D eigenvalue weighted by molar-refractivity contribution is 9.10. The van der Waals surface area contributed by atoms with E-state index in [4.69, 9.17) is 5.84 Å². The van der Waals surface area contributed by atoms with Crippen molar-refractivity contribution in [3.05, 3.63) is 16.7 Å². The Morgan fingerprint density at radius 2 is 2.25 bits per heavy atom. The van der Waals surface area contributed by atoms with Gasteiger partial charge in [0, 0.05) is 34.3 Å². The number of nitrogens with two attached hydrogens (primary N) is 1. The molecule has 0 aliphatic carbocycles. The molecule has 0 aromatic carbocycles. The van der Waals surface area contributed by atoms with Gasteiger partial charge in [0.25, 0.3) is 0 Å². The second kappa shape index (κ2) is 5.80. The Hall–Kier alpha value is -0.350. The molecular formula is C11H17BrN4O2S2. The molecule has 0 atom stereocenters. The molecule has 0 saturated carbocycles. The lowest BCUT2D eigenvalue weighted by atomic mass is 10.2. The summed E-state index contributed by atoms with van der Waals surface area (Å²) in [6.07, 6.45) is 1.50. The van der Waals surface area contributed by atoms with Crippen LogP contribution in [0.25, 0.3) is 0 Å². The fourth-order valence-corrected chi connectivity index (χ4v) is 5.57. The first-order valence-corrected chi connectivity index (χ1v) is 9.24. The molecule has 0 radical (unpaired) electrons. The number of pyridine rings is 1. The minimum absolute atomic E-state index is 0.0945. The molecule has 3 N–H and O–H groups in total. The molecule has 0 spiro atoms. The summed E-state index contributed by atoms with van der Waals surface area (Å²) >= 11 is 5.02. The van der Waals surface area contributed by atoms with Crippen LogP contribution in [0.3, 0.4) is 0 Å². The van der Waals surface area contributed by atoms with Gasteiger partial charge in [0.05, 0.1) is 0 Å². The number of halogens is 1. The Kier molecular flexibility index (Phi) is 4.65. The quantitative estimate of drug-likeness (QED) is 0.612. The largest absolute Gasteiger partial charge is 0.307 e. The van der Waals surface area contributed by atoms with Gasteiger partial charge in [-0.1, -0.05) is 0 Å². The van der Waals surface area contributed by atoms with E-state index in [1.165, 1.54) is 16.6 Å². The van der Waals surface area contributed by atoms with Crippen LogP contribution in [0.1, 0.15) is 13.8 Å². The summed E-state index contributed by atoms with van der Waals surface area (Å²) in [5.41, 5.74) is 2.35. The van der Waals surface area contributed by atoms with Crippen LogP contribution in [0, 0.1) is 0 Å². The van der Waals surface area contributed by atoms with E-state index in [0.717, 1.165) is 5.75 Å². The number of aromatic nitrogens is 1. The standard InChI is InChI=1S/C11H17BrN4O2S2/c1-11(2)7-16(3-4-19-11)20(17,18)9-5-8(12)6-14-10(9)15-13/h5-6H,3-4,7,13H2,1-2H3,(H,14,15). The molecule has 1 aliphatic rings. The fourth-order valence-electron chi connectivity index (χ4n) is 2.04. The number of anilines is 1. The van der Waals surface area contributed by atoms with Crippen molar-refractivity contribution in [3.63, 3.8) is 0 Å². The Bertz CT molecular complexity index is 606. The Balaban J connectivity index is 2.42. The van der Waals surface area contributed by atoms with E-state index in [-0.39, 0.29) is 15.5 Å². The van der Waals surface area contributed by atoms with Crippen molar-refractivity contribution in [2.24, 2.45) is 5.84 Å². The number of hydrogen-bond donors (Lipinski definition) is 2. The van der Waals surface area contributed by atoms with Crippen LogP contribution in [0.15, 0.2) is 21.6 Å². The molecule has 1 aromatic rings. The lowest BCUT2D eigenvalue weighted by Crippen LogP contribution is -2.46. The molecule has 20 heavy (non-hydrogen) atoms. The van der Waals surface area contributed by atoms with Crippen LogP contribution in [0.2, 0.25) is 0 Å². The van der Waals surface area contributed by atoms with Crippen LogP contribution in [-0.2, 0) is 10.0 Å². The zero-order valence-electron chi connectivity index (χ0n) is 11.3. The van der Waals surface area contributed by atoms with E-state index >= 15 is 0 Å². The molecule has 0 amide bonds. The lowest BCUT2D eigenvalue weighted by Gasteiger charge is -2.36. The summed E-state index contributed by atoms with van der Waals surface area (Å²) in [7, 11) is -3.61. The third-order valence-electron chi connectivity index (χ3n) is 2.96. The maximum atomic E-state index is 12.8. The van der Waals surface area contributed by atoms with Gasteiger partial charge < -0.3 is 5.43 Å². The lowest BCUT2D eigenvalue weighted by molar-refractivity contribution is 0.387. The van der Waals surface area contributed by atoms with Gasteiger partial charge in [-0.05, 0) is 35.8 Å². The van der Waals surface area contributed by atoms with Crippen molar-refractivity contribution in [2.75, 3.05) is 24.3 Å². The molecule has 1 fully saturated rings. The molecule has 6 nitrogen and oxygen atoms in total. The summed E-state index contributed by atoms with van der Waals surface area (Å²) in [5, 5.41) is 0. The van der Waals surface area contributed by atoms with Crippen LogP contribution in [-0.4, -0.2) is 41.3 Å². The van der Waals surface area contributed by atoms with E-state index in [1.807, 2.05) is 13.8 Å². The predicted molar refractivity (Wildman–Crippen MR) is 85.0 cm³/mol. The van der Waals surface area contributed by atoms with Gasteiger partial charge in [-0.3, -0.25) is 0 Å². The maximum absolute atomic E-state index is 12.8. The molecule has 1 aromatic heterocycles. The summed E-state index contributed by atoms with van der Waals surface area (Å²) in [5.74, 6) is 6.30. The van der Waals surface area contributed by atoms with E-state index in [1.54, 1.807) is 11.8 Å². The molecule has 1 aliphatic heterocycles. The third kappa shape index (κ3) is 3.28. The molecule has 2 rings (SSSR count). The van der Waals surface area contributed by atoms with Crippen LogP contribution in [0.5, 0.6) is 0 Å². The molecule has 1 saturated heterocycles. The molecular weight excluding hydrogens is 364 g/mol. The average Bonchev–Trinajstić information content (AvgIpc) is 2.37. The maximum Gasteiger partial charge on any atom is 0.246 e. The predicted octanol–water partition coefficient (Wildman–Crippen LogP) is 1.65. The van der Waals surface area contributed by atoms with E-state index in [9.17, 15) is 8.42 Å². The van der Waals surface area contributed by atoms with Gasteiger partial charge >= 0.3 is 0 Å². The van der Waals surface area contributed by atoms with Crippen molar-refractivity contribution in [1.29, 1.82) is 0 Å². The van der Waals surface area contributed by atoms with Crippen LogP contribution >= 0.6 is 27.7 Å². The minimum atomic E-state index is -3.61. The molecule has 2 heterocycles. The van der Waals surface area contributed by atoms with Gasteiger partial charge in [-0.2, -0.15) is 16.1 Å². The van der Waals surface area contributed by atoms with Crippen molar-refractivity contribution in [2.45, 2.75) is 23.5 Å². The summed E-state index contributed by atoms with van der Waals surface area (Å²) in [4.78, 5) is 4.09. The first-order valence-electron chi connectivity index (χ1n) is 6.02. The fraction of sp³-hybridized carbons (Fsp3) is 0.545. The smallest absolute Gasteiger partial charge is 0.246 e. The van der Waals surface area contributed by atoms with Crippen molar-refractivity contribution in [1.82, 2.24) is 9.29 Å². The number of thioether (sulfide) groups is 1. The normalized spacial score (nSPS) is 19.8. The summed E-state index contributed by atoms with van der Waals surface area (Å²) in [6.45, 7) is 5.05. The number of sulfonamides is 1. The number of nitrogen functional groups attached to an aromatic ring is 1. The van der Waals surface area contributed by atoms with Crippen molar-refractivity contribution < 1.29 is 8.42 Å². The Labute approximate surface area is 131 Å². The number of nitrogens with zero attached hydrogens (tertiary/aromatic N) is 2. The highest BCUT2D eigenvalue weighted by atomic mass is 79.9. The van der Waals surface area contributed by atoms with Gasteiger partial charge in [-0.25, -0.2) is 19.2 Å². The second-order valence-electron chi connectivity index (χ2n) is 5.09. The minimum Gasteiger partial charge on any atom is -0.307 e. The highest BCUT2D eigenvalue weighted by Gasteiger charge is 2.36. The summed E-state index contributed by atoms with van der Waals surface area (Å²) < 4.78 is 27.5. The zero-order valence-corrected chi connectivity index (χ0v) is 14.5. The summed E-state index contributed by atoms with van der Waals surface area (Å²) in [6, 6.07) is 1.52. The Morgan fingerprint density at radius 3 is 2.85 bits per heavy atom. The third-order valence-corrected chi connectivity index (χ3v) is 6.55. The monoisotopic (exact) mass is 380 g/mol. The van der Waals surface area contributed by atoms with E-state index < -0.39 is 10.0 Å². The average molecular weight is 381 g/mol. The first-order chi connectivity index (χ1) is 9.26. The highest BCUT2D eigenvalue weighted by Crippen LogP contribution is 2.34. The van der Waals surface area contributed by atoms with Gasteiger partial charge in [-0.15, -0.1) is 0 Å². The number of rotatable bonds is 3. The van der Waals surface area contributed by atoms with Crippen molar-refractivity contribution >= 4 is 43.5 Å². The number of hydrazine groups is 1. The van der Waals surface area contributed by atoms with Gasteiger partial charge in [0.1, 0.15) is 4.90 Å². The second-order valence-corrected chi connectivity index (χ2v) is 9.72. The van der Waals surface area contributed by atoms with Gasteiger partial charge in [0.2, 0.25) is 10.0 Å². The Morgan fingerprint density at radius 1 is 1.55 bits per heavy atom. The number of nitrogens with one attached hydrogen (secondary N) is 1. The first kappa shape index (κ1) is 16.0.